The topological polar surface area (TPSA) is 95.5 Å². The average molecular weight is 440 g/mol. The van der Waals surface area contributed by atoms with E-state index in [1.807, 2.05) is 0 Å². The first-order valence-corrected chi connectivity index (χ1v) is 9.46. The lowest BCUT2D eigenvalue weighted by Crippen LogP contribution is -2.52. The van der Waals surface area contributed by atoms with Crippen LogP contribution in [0.5, 0.6) is 0 Å². The summed E-state index contributed by atoms with van der Waals surface area (Å²) in [6.45, 7) is 0. The fourth-order valence-corrected chi connectivity index (χ4v) is 4.92. The number of benzene rings is 2. The van der Waals surface area contributed by atoms with Gasteiger partial charge in [0, 0.05) is 11.1 Å². The molecule has 2 heterocycles. The van der Waals surface area contributed by atoms with Crippen molar-refractivity contribution in [2.24, 2.45) is 11.8 Å². The van der Waals surface area contributed by atoms with E-state index in [2.05, 4.69) is 10.6 Å². The number of carbonyl (C=O) groups excluding carboxylic acids is 2. The molecule has 0 bridgehead atoms. The number of halogens is 3. The van der Waals surface area contributed by atoms with E-state index in [0.29, 0.717) is 11.1 Å². The molecule has 28 heavy (non-hydrogen) atoms. The summed E-state index contributed by atoms with van der Waals surface area (Å²) < 4.78 is 0. The number of carbonyl (C=O) groups is 3. The number of fused-ring (bicyclic) bond motifs is 1. The summed E-state index contributed by atoms with van der Waals surface area (Å²) in [4.78, 5) is 37.7. The quantitative estimate of drug-likeness (QED) is 0.504. The van der Waals surface area contributed by atoms with Gasteiger partial charge in [0.1, 0.15) is 0 Å². The van der Waals surface area contributed by atoms with E-state index in [0.717, 1.165) is 0 Å². The molecule has 0 spiro atoms. The first-order valence-electron chi connectivity index (χ1n) is 8.33. The summed E-state index contributed by atoms with van der Waals surface area (Å²) in [5.74, 6) is -4.65. The Hall–Kier alpha value is -2.12. The Balaban J connectivity index is 1.96. The van der Waals surface area contributed by atoms with Crippen LogP contribution in [0.2, 0.25) is 15.1 Å². The van der Waals surface area contributed by atoms with Crippen molar-refractivity contribution in [1.82, 2.24) is 10.6 Å². The predicted molar refractivity (Wildman–Crippen MR) is 103 cm³/mol. The van der Waals surface area contributed by atoms with Gasteiger partial charge in [-0.25, -0.2) is 4.79 Å². The number of carboxylic acid groups (broad SMARTS) is 1. The molecule has 2 aromatic carbocycles. The minimum atomic E-state index is -1.81. The Morgan fingerprint density at radius 3 is 2.36 bits per heavy atom. The van der Waals surface area contributed by atoms with Crippen molar-refractivity contribution in [3.8, 4) is 0 Å². The largest absolute Gasteiger partial charge is 0.480 e. The molecule has 0 saturated carbocycles. The third-order valence-corrected chi connectivity index (χ3v) is 6.36. The van der Waals surface area contributed by atoms with Gasteiger partial charge in [0.25, 0.3) is 0 Å². The average Bonchev–Trinajstić information content (AvgIpc) is 3.16. The van der Waals surface area contributed by atoms with Gasteiger partial charge in [-0.05, 0) is 23.3 Å². The molecule has 2 aromatic rings. The zero-order chi connectivity index (χ0) is 20.2. The van der Waals surface area contributed by atoms with Crippen LogP contribution in [0, 0.1) is 11.8 Å². The molecular weight excluding hydrogens is 427 g/mol. The van der Waals surface area contributed by atoms with Gasteiger partial charge in [-0.1, -0.05) is 65.1 Å². The van der Waals surface area contributed by atoms with Gasteiger partial charge in [0.05, 0.1) is 21.9 Å². The molecule has 2 aliphatic heterocycles. The zero-order valence-electron chi connectivity index (χ0n) is 14.1. The minimum Gasteiger partial charge on any atom is -0.480 e. The van der Waals surface area contributed by atoms with Crippen LogP contribution in [-0.4, -0.2) is 22.9 Å². The summed E-state index contributed by atoms with van der Waals surface area (Å²) in [6, 6.07) is 10.4. The summed E-state index contributed by atoms with van der Waals surface area (Å²) in [5.41, 5.74) is -1.10. The normalized spacial score (nSPS) is 28.9. The monoisotopic (exact) mass is 438 g/mol. The number of imide groups is 1. The van der Waals surface area contributed by atoms with Crippen molar-refractivity contribution in [2.45, 2.75) is 11.6 Å². The Kier molecular flexibility index (Phi) is 4.62. The standard InChI is InChI=1S/C19H13Cl3N2O4/c20-9-6-10(14(22)11(21)7-9)15-12-13(17(26)23-16(12)25)19(24-15,18(27)28)8-4-2-1-3-5-8/h1-7,12-13,15,24H,(H,27,28)(H,23,25,26). The van der Waals surface area contributed by atoms with Crippen molar-refractivity contribution in [1.29, 1.82) is 0 Å². The number of aliphatic carboxylic acids is 1. The Bertz CT molecular complexity index is 1010. The second kappa shape index (κ2) is 6.74. The van der Waals surface area contributed by atoms with E-state index < -0.39 is 41.2 Å². The first-order chi connectivity index (χ1) is 13.3. The molecule has 0 radical (unpaired) electrons. The molecule has 4 atom stereocenters. The SMILES string of the molecule is O=C1NC(=O)C2C1C(c1cc(Cl)cc(Cl)c1Cl)NC2(C(=O)O)c1ccccc1. The van der Waals surface area contributed by atoms with Crippen molar-refractivity contribution < 1.29 is 19.5 Å². The third kappa shape index (κ3) is 2.63. The van der Waals surface area contributed by atoms with Crippen molar-refractivity contribution >= 4 is 52.6 Å². The van der Waals surface area contributed by atoms with E-state index in [-0.39, 0.29) is 15.1 Å². The fraction of sp³-hybridized carbons (Fsp3) is 0.211. The van der Waals surface area contributed by atoms with E-state index in [4.69, 9.17) is 34.8 Å². The molecule has 2 saturated heterocycles. The molecule has 2 amide bonds. The lowest BCUT2D eigenvalue weighted by atomic mass is 9.75. The molecule has 9 heteroatoms. The van der Waals surface area contributed by atoms with E-state index in [9.17, 15) is 19.5 Å². The summed E-state index contributed by atoms with van der Waals surface area (Å²) in [5, 5.41) is 16.0. The molecular formula is C19H13Cl3N2O4. The van der Waals surface area contributed by atoms with E-state index in [1.54, 1.807) is 30.3 Å². The number of hydrogen-bond acceptors (Lipinski definition) is 4. The van der Waals surface area contributed by atoms with Crippen LogP contribution < -0.4 is 10.6 Å². The minimum absolute atomic E-state index is 0.142. The maximum absolute atomic E-state index is 12.6. The van der Waals surface area contributed by atoms with Crippen LogP contribution in [0.4, 0.5) is 0 Å². The Labute approximate surface area is 174 Å². The number of amides is 2. The lowest BCUT2D eigenvalue weighted by molar-refractivity contribution is -0.149. The van der Waals surface area contributed by atoms with Crippen LogP contribution in [0.25, 0.3) is 0 Å². The highest BCUT2D eigenvalue weighted by Gasteiger charge is 2.67. The summed E-state index contributed by atoms with van der Waals surface area (Å²) in [7, 11) is 0. The van der Waals surface area contributed by atoms with Crippen molar-refractivity contribution in [3.05, 3.63) is 68.7 Å². The van der Waals surface area contributed by atoms with Gasteiger partial charge in [-0.15, -0.1) is 0 Å². The molecule has 0 aliphatic carbocycles. The number of rotatable bonds is 3. The predicted octanol–water partition coefficient (Wildman–Crippen LogP) is 3.16. The highest BCUT2D eigenvalue weighted by molar-refractivity contribution is 6.43. The molecule has 6 nitrogen and oxygen atoms in total. The first kappa shape index (κ1) is 19.2. The zero-order valence-corrected chi connectivity index (χ0v) is 16.3. The number of nitrogens with one attached hydrogen (secondary N) is 2. The van der Waals surface area contributed by atoms with Crippen LogP contribution in [0.15, 0.2) is 42.5 Å². The molecule has 4 unspecified atom stereocenters. The number of hydrogen-bond donors (Lipinski definition) is 3. The second-order valence-corrected chi connectivity index (χ2v) is 7.97. The van der Waals surface area contributed by atoms with Gasteiger partial charge in [-0.2, -0.15) is 0 Å². The van der Waals surface area contributed by atoms with Crippen LogP contribution >= 0.6 is 34.8 Å². The fourth-order valence-electron chi connectivity index (χ4n) is 4.19. The smallest absolute Gasteiger partial charge is 0.329 e. The Morgan fingerprint density at radius 2 is 1.71 bits per heavy atom. The molecule has 3 N–H and O–H groups in total. The van der Waals surface area contributed by atoms with Gasteiger partial charge in [0.2, 0.25) is 11.8 Å². The van der Waals surface area contributed by atoms with E-state index in [1.165, 1.54) is 12.1 Å². The van der Waals surface area contributed by atoms with E-state index >= 15 is 0 Å². The highest BCUT2D eigenvalue weighted by Crippen LogP contribution is 2.52. The van der Waals surface area contributed by atoms with Gasteiger partial charge >= 0.3 is 5.97 Å². The summed E-state index contributed by atoms with van der Waals surface area (Å²) >= 11 is 18.6. The van der Waals surface area contributed by atoms with Crippen LogP contribution in [0.3, 0.4) is 0 Å². The maximum atomic E-state index is 12.6. The van der Waals surface area contributed by atoms with Crippen LogP contribution in [-0.2, 0) is 19.9 Å². The second-order valence-electron chi connectivity index (χ2n) is 6.75. The molecule has 4 rings (SSSR count). The van der Waals surface area contributed by atoms with Gasteiger partial charge in [-0.3, -0.25) is 20.2 Å². The number of carboxylic acids is 1. The lowest BCUT2D eigenvalue weighted by Gasteiger charge is -2.30. The summed E-state index contributed by atoms with van der Waals surface area (Å²) in [6.07, 6.45) is 0. The van der Waals surface area contributed by atoms with Crippen molar-refractivity contribution in [3.63, 3.8) is 0 Å². The third-order valence-electron chi connectivity index (χ3n) is 5.32. The van der Waals surface area contributed by atoms with Gasteiger partial charge in [0.15, 0.2) is 5.54 Å². The highest BCUT2D eigenvalue weighted by atomic mass is 35.5. The van der Waals surface area contributed by atoms with Crippen LogP contribution in [0.1, 0.15) is 17.2 Å². The molecule has 2 aliphatic rings. The van der Waals surface area contributed by atoms with Crippen molar-refractivity contribution in [2.75, 3.05) is 0 Å². The maximum Gasteiger partial charge on any atom is 0.329 e. The molecule has 0 aromatic heterocycles. The molecule has 2 fully saturated rings. The molecule has 144 valence electrons. The Morgan fingerprint density at radius 1 is 1.04 bits per heavy atom. The van der Waals surface area contributed by atoms with Gasteiger partial charge < -0.3 is 5.11 Å².